The van der Waals surface area contributed by atoms with E-state index in [1.807, 2.05) is 23.6 Å². The normalized spacial score (nSPS) is 14.2. The molecule has 4 rings (SSSR count). The molecule has 1 aliphatic rings. The molecular formula is C20H17N5O2S2. The molecule has 0 unspecified atom stereocenters. The van der Waals surface area contributed by atoms with Gasteiger partial charge in [-0.25, -0.2) is 0 Å². The van der Waals surface area contributed by atoms with E-state index in [1.165, 1.54) is 29.5 Å². The van der Waals surface area contributed by atoms with Gasteiger partial charge in [0, 0.05) is 35.0 Å². The van der Waals surface area contributed by atoms with Crippen molar-refractivity contribution < 1.29 is 4.92 Å². The average Bonchev–Trinajstić information content (AvgIpc) is 3.42. The smallest absolute Gasteiger partial charge is 0.270 e. The number of nitriles is 1. The first-order valence-corrected chi connectivity index (χ1v) is 10.9. The Kier molecular flexibility index (Phi) is 5.64. The maximum absolute atomic E-state index is 10.9. The van der Waals surface area contributed by atoms with Crippen LogP contribution in [0.4, 0.5) is 22.1 Å². The van der Waals surface area contributed by atoms with Gasteiger partial charge >= 0.3 is 0 Å². The van der Waals surface area contributed by atoms with Crippen molar-refractivity contribution in [3.8, 4) is 15.8 Å². The molecule has 0 amide bonds. The van der Waals surface area contributed by atoms with Crippen LogP contribution in [-0.4, -0.2) is 18.0 Å². The first-order valence-electron chi connectivity index (χ1n) is 9.18. The van der Waals surface area contributed by atoms with Gasteiger partial charge in [-0.2, -0.15) is 5.26 Å². The molecule has 0 bridgehead atoms. The molecule has 0 aliphatic carbocycles. The van der Waals surface area contributed by atoms with Crippen LogP contribution in [0.3, 0.4) is 0 Å². The van der Waals surface area contributed by atoms with Gasteiger partial charge in [-0.3, -0.25) is 10.1 Å². The van der Waals surface area contributed by atoms with Gasteiger partial charge in [0.1, 0.15) is 22.4 Å². The van der Waals surface area contributed by atoms with E-state index in [2.05, 4.69) is 21.2 Å². The van der Waals surface area contributed by atoms with Gasteiger partial charge in [0.25, 0.3) is 5.69 Å². The Morgan fingerprint density at radius 1 is 1.07 bits per heavy atom. The van der Waals surface area contributed by atoms with E-state index in [4.69, 9.17) is 0 Å². The Labute approximate surface area is 175 Å². The van der Waals surface area contributed by atoms with Crippen LogP contribution in [0.1, 0.15) is 24.8 Å². The lowest BCUT2D eigenvalue weighted by Crippen LogP contribution is -2.28. The Morgan fingerprint density at radius 3 is 2.55 bits per heavy atom. The molecule has 29 heavy (non-hydrogen) atoms. The number of nitro groups is 1. The Hall–Kier alpha value is -3.09. The number of thiophene rings is 2. The van der Waals surface area contributed by atoms with Gasteiger partial charge in [0.15, 0.2) is 0 Å². The predicted octanol–water partition coefficient (Wildman–Crippen LogP) is 6.66. The quantitative estimate of drug-likeness (QED) is 0.260. The minimum Gasteiger partial charge on any atom is -0.362 e. The van der Waals surface area contributed by atoms with Crippen LogP contribution in [0.25, 0.3) is 9.75 Å². The number of nitro benzene ring substituents is 1. The van der Waals surface area contributed by atoms with Gasteiger partial charge in [-0.15, -0.1) is 32.9 Å². The van der Waals surface area contributed by atoms with Crippen molar-refractivity contribution in [2.75, 3.05) is 18.0 Å². The van der Waals surface area contributed by atoms with Crippen molar-refractivity contribution in [1.29, 1.82) is 5.26 Å². The number of anilines is 1. The summed E-state index contributed by atoms with van der Waals surface area (Å²) in [6.07, 6.45) is 3.55. The first-order chi connectivity index (χ1) is 14.2. The molecule has 0 spiro atoms. The van der Waals surface area contributed by atoms with E-state index in [9.17, 15) is 15.4 Å². The standard InChI is InChI=1S/C20H17N5O2S2/c21-13-14-11-15(25(26)27)6-7-16(14)22-23-17-12-19(18-5-4-10-28-18)29-20(17)24-8-2-1-3-9-24/h4-7,10-12H,1-3,8-9H2. The SMILES string of the molecule is N#Cc1cc([N+](=O)[O-])ccc1N=Nc1cc(-c2cccs2)sc1N1CCCCC1. The summed E-state index contributed by atoms with van der Waals surface area (Å²) in [6, 6.07) is 12.1. The average molecular weight is 424 g/mol. The highest BCUT2D eigenvalue weighted by atomic mass is 32.1. The number of hydrogen-bond donors (Lipinski definition) is 0. The molecule has 0 N–H and O–H groups in total. The van der Waals surface area contributed by atoms with E-state index in [-0.39, 0.29) is 11.3 Å². The maximum Gasteiger partial charge on any atom is 0.270 e. The number of non-ortho nitro benzene ring substituents is 1. The van der Waals surface area contributed by atoms with Gasteiger partial charge < -0.3 is 4.90 Å². The predicted molar refractivity (Wildman–Crippen MR) is 116 cm³/mol. The van der Waals surface area contributed by atoms with Crippen LogP contribution < -0.4 is 4.90 Å². The van der Waals surface area contributed by atoms with Gasteiger partial charge in [-0.05, 0) is 42.8 Å². The van der Waals surface area contributed by atoms with Crippen LogP contribution in [0.5, 0.6) is 0 Å². The second-order valence-electron chi connectivity index (χ2n) is 6.60. The molecule has 1 saturated heterocycles. The number of nitrogens with zero attached hydrogens (tertiary/aromatic N) is 5. The molecule has 7 nitrogen and oxygen atoms in total. The zero-order valence-electron chi connectivity index (χ0n) is 15.4. The molecule has 3 aromatic rings. The highest BCUT2D eigenvalue weighted by Crippen LogP contribution is 2.45. The van der Waals surface area contributed by atoms with E-state index in [1.54, 1.807) is 22.7 Å². The van der Waals surface area contributed by atoms with Gasteiger partial charge in [0.2, 0.25) is 0 Å². The molecule has 146 valence electrons. The van der Waals surface area contributed by atoms with E-state index < -0.39 is 4.92 Å². The monoisotopic (exact) mass is 423 g/mol. The molecule has 1 aliphatic heterocycles. The van der Waals surface area contributed by atoms with Crippen molar-refractivity contribution in [1.82, 2.24) is 0 Å². The summed E-state index contributed by atoms with van der Waals surface area (Å²) in [5.41, 5.74) is 1.09. The molecular weight excluding hydrogens is 406 g/mol. The minimum atomic E-state index is -0.525. The molecule has 0 atom stereocenters. The fourth-order valence-electron chi connectivity index (χ4n) is 3.23. The number of azo groups is 1. The first kappa shape index (κ1) is 19.2. The lowest BCUT2D eigenvalue weighted by atomic mass is 10.1. The van der Waals surface area contributed by atoms with Crippen molar-refractivity contribution in [2.24, 2.45) is 10.2 Å². The van der Waals surface area contributed by atoms with Crippen molar-refractivity contribution >= 4 is 44.7 Å². The Bertz CT molecular complexity index is 1090. The fraction of sp³-hybridized carbons (Fsp3) is 0.250. The number of rotatable bonds is 5. The molecule has 1 aromatic carbocycles. The third-order valence-corrected chi connectivity index (χ3v) is 6.93. The fourth-order valence-corrected chi connectivity index (χ4v) is 5.20. The van der Waals surface area contributed by atoms with Crippen LogP contribution in [0.2, 0.25) is 0 Å². The zero-order valence-corrected chi connectivity index (χ0v) is 17.1. The lowest BCUT2D eigenvalue weighted by molar-refractivity contribution is -0.384. The molecule has 0 radical (unpaired) electrons. The van der Waals surface area contributed by atoms with E-state index >= 15 is 0 Å². The lowest BCUT2D eigenvalue weighted by Gasteiger charge is -2.27. The van der Waals surface area contributed by atoms with Crippen LogP contribution in [0, 0.1) is 21.4 Å². The maximum atomic E-state index is 10.9. The molecule has 0 saturated carbocycles. The second-order valence-corrected chi connectivity index (χ2v) is 8.57. The van der Waals surface area contributed by atoms with E-state index in [0.29, 0.717) is 5.69 Å². The molecule has 2 aromatic heterocycles. The van der Waals surface area contributed by atoms with Crippen molar-refractivity contribution in [2.45, 2.75) is 19.3 Å². The summed E-state index contributed by atoms with van der Waals surface area (Å²) in [7, 11) is 0. The molecule has 3 heterocycles. The molecule has 1 fully saturated rings. The third-order valence-electron chi connectivity index (χ3n) is 4.68. The van der Waals surface area contributed by atoms with E-state index in [0.717, 1.165) is 41.5 Å². The van der Waals surface area contributed by atoms with Crippen LogP contribution in [-0.2, 0) is 0 Å². The number of hydrogen-bond acceptors (Lipinski definition) is 8. The zero-order chi connectivity index (χ0) is 20.2. The summed E-state index contributed by atoms with van der Waals surface area (Å²) < 4.78 is 0. The largest absolute Gasteiger partial charge is 0.362 e. The van der Waals surface area contributed by atoms with Crippen molar-refractivity contribution in [3.05, 3.63) is 57.5 Å². The summed E-state index contributed by atoms with van der Waals surface area (Å²) in [5, 5.41) is 32.1. The minimum absolute atomic E-state index is 0.134. The van der Waals surface area contributed by atoms with Crippen molar-refractivity contribution in [3.63, 3.8) is 0 Å². The number of benzene rings is 1. The Balaban J connectivity index is 1.70. The molecule has 9 heteroatoms. The third kappa shape index (κ3) is 4.18. The highest BCUT2D eigenvalue weighted by molar-refractivity contribution is 7.24. The van der Waals surface area contributed by atoms with Gasteiger partial charge in [-0.1, -0.05) is 6.07 Å². The Morgan fingerprint density at radius 2 is 1.86 bits per heavy atom. The number of piperidine rings is 1. The van der Waals surface area contributed by atoms with Gasteiger partial charge in [0.05, 0.1) is 10.5 Å². The highest BCUT2D eigenvalue weighted by Gasteiger charge is 2.19. The van der Waals surface area contributed by atoms with Crippen LogP contribution in [0.15, 0.2) is 52.0 Å². The summed E-state index contributed by atoms with van der Waals surface area (Å²) in [4.78, 5) is 15.1. The summed E-state index contributed by atoms with van der Waals surface area (Å²) in [5.74, 6) is 0. The summed E-state index contributed by atoms with van der Waals surface area (Å²) in [6.45, 7) is 1.99. The second kappa shape index (κ2) is 8.51. The topological polar surface area (TPSA) is 94.9 Å². The van der Waals surface area contributed by atoms with Crippen LogP contribution >= 0.6 is 22.7 Å². The summed E-state index contributed by atoms with van der Waals surface area (Å²) >= 11 is 3.39.